The number of nitrogens with zero attached hydrogens (tertiary/aromatic N) is 2. The summed E-state index contributed by atoms with van der Waals surface area (Å²) in [7, 11) is -0.477. The summed E-state index contributed by atoms with van der Waals surface area (Å²) in [4.78, 5) is 13.6. The summed E-state index contributed by atoms with van der Waals surface area (Å²) in [6.45, 7) is 1.32. The molecular formula is C14H18N4O4S. The number of likely N-dealkylation sites (N-methyl/N-ethyl adjacent to an activating group) is 1. The highest BCUT2D eigenvalue weighted by molar-refractivity contribution is 7.85. The predicted molar refractivity (Wildman–Crippen MR) is 85.1 cm³/mol. The molecule has 23 heavy (non-hydrogen) atoms. The lowest BCUT2D eigenvalue weighted by Gasteiger charge is -2.09. The van der Waals surface area contributed by atoms with E-state index in [2.05, 4.69) is 10.6 Å². The Bertz CT molecular complexity index is 718. The monoisotopic (exact) mass is 338 g/mol. The molecule has 0 aromatic heterocycles. The normalized spacial score (nSPS) is 11.9. The average molecular weight is 338 g/mol. The quantitative estimate of drug-likeness (QED) is 0.285. The zero-order valence-electron chi connectivity index (χ0n) is 12.8. The number of rotatable bonds is 7. The Balaban J connectivity index is 2.70. The molecule has 0 spiro atoms. The van der Waals surface area contributed by atoms with Crippen LogP contribution in [0.4, 0.5) is 5.69 Å². The standard InChI is InChI=1S/C14H18N4O4S/c1-18(2)8-7-16-10-11(9-15)14(19)17-12-3-5-13(6-4-12)23(20,21)22/h3-6,10,16H,7-8H2,1-2H3,(H,17,19)(H,20,21,22)/b11-10-. The van der Waals surface area contributed by atoms with Gasteiger partial charge in [-0.05, 0) is 38.4 Å². The van der Waals surface area contributed by atoms with Crippen molar-refractivity contribution in [2.24, 2.45) is 0 Å². The van der Waals surface area contributed by atoms with Crippen molar-refractivity contribution in [3.8, 4) is 6.07 Å². The first-order chi connectivity index (χ1) is 10.7. The predicted octanol–water partition coefficient (Wildman–Crippen LogP) is 0.430. The molecule has 1 aromatic rings. The van der Waals surface area contributed by atoms with Crippen molar-refractivity contribution in [2.45, 2.75) is 4.90 Å². The maximum atomic E-state index is 11.9. The van der Waals surface area contributed by atoms with Crippen LogP contribution in [0.1, 0.15) is 0 Å². The van der Waals surface area contributed by atoms with Gasteiger partial charge in [-0.1, -0.05) is 0 Å². The lowest BCUT2D eigenvalue weighted by molar-refractivity contribution is -0.112. The van der Waals surface area contributed by atoms with Crippen molar-refractivity contribution in [3.05, 3.63) is 36.0 Å². The highest BCUT2D eigenvalue weighted by atomic mass is 32.2. The van der Waals surface area contributed by atoms with E-state index in [1.54, 1.807) is 6.07 Å². The molecule has 3 N–H and O–H groups in total. The van der Waals surface area contributed by atoms with Crippen LogP contribution in [-0.4, -0.2) is 51.0 Å². The summed E-state index contributed by atoms with van der Waals surface area (Å²) in [5.41, 5.74) is 0.194. The minimum atomic E-state index is -4.28. The summed E-state index contributed by atoms with van der Waals surface area (Å²) < 4.78 is 30.7. The fraction of sp³-hybridized carbons (Fsp3) is 0.286. The van der Waals surface area contributed by atoms with Crippen LogP contribution in [0.2, 0.25) is 0 Å². The Kier molecular flexibility index (Phi) is 6.71. The minimum Gasteiger partial charge on any atom is -0.388 e. The van der Waals surface area contributed by atoms with Gasteiger partial charge in [-0.25, -0.2) is 0 Å². The van der Waals surface area contributed by atoms with E-state index >= 15 is 0 Å². The summed E-state index contributed by atoms with van der Waals surface area (Å²) in [5.74, 6) is -0.621. The molecule has 124 valence electrons. The number of nitriles is 1. The zero-order chi connectivity index (χ0) is 17.5. The van der Waals surface area contributed by atoms with E-state index in [4.69, 9.17) is 9.81 Å². The highest BCUT2D eigenvalue weighted by Crippen LogP contribution is 2.14. The second-order valence-corrected chi connectivity index (χ2v) is 6.30. The summed E-state index contributed by atoms with van der Waals surface area (Å²) >= 11 is 0. The molecule has 8 nitrogen and oxygen atoms in total. The fourth-order valence-corrected chi connectivity index (χ4v) is 2.00. The molecule has 0 radical (unpaired) electrons. The second-order valence-electron chi connectivity index (χ2n) is 4.88. The van der Waals surface area contributed by atoms with Gasteiger partial charge in [0.25, 0.3) is 16.0 Å². The Morgan fingerprint density at radius 1 is 1.35 bits per heavy atom. The van der Waals surface area contributed by atoms with E-state index in [1.165, 1.54) is 18.3 Å². The van der Waals surface area contributed by atoms with Gasteiger partial charge >= 0.3 is 0 Å². The minimum absolute atomic E-state index is 0.109. The lowest BCUT2D eigenvalue weighted by atomic mass is 10.2. The lowest BCUT2D eigenvalue weighted by Crippen LogP contribution is -2.24. The van der Waals surface area contributed by atoms with Crippen LogP contribution in [0.25, 0.3) is 0 Å². The molecule has 0 saturated heterocycles. The van der Waals surface area contributed by atoms with Crippen LogP contribution >= 0.6 is 0 Å². The number of nitrogens with one attached hydrogen (secondary N) is 2. The van der Waals surface area contributed by atoms with E-state index in [9.17, 15) is 13.2 Å². The molecule has 0 aliphatic carbocycles. The van der Waals surface area contributed by atoms with Crippen molar-refractivity contribution >= 4 is 21.7 Å². The molecule has 9 heteroatoms. The van der Waals surface area contributed by atoms with E-state index < -0.39 is 16.0 Å². The molecule has 0 unspecified atom stereocenters. The van der Waals surface area contributed by atoms with E-state index in [0.717, 1.165) is 18.7 Å². The number of hydrogen-bond acceptors (Lipinski definition) is 6. The molecule has 0 atom stereocenters. The molecule has 0 aliphatic rings. The van der Waals surface area contributed by atoms with Crippen LogP contribution in [0.5, 0.6) is 0 Å². The first kappa shape index (κ1) is 18.6. The number of hydrogen-bond donors (Lipinski definition) is 3. The highest BCUT2D eigenvalue weighted by Gasteiger charge is 2.11. The number of anilines is 1. The number of amides is 1. The summed E-state index contributed by atoms with van der Waals surface area (Å²) in [6, 6.07) is 6.71. The Morgan fingerprint density at radius 3 is 2.43 bits per heavy atom. The van der Waals surface area contributed by atoms with Gasteiger partial charge in [0.15, 0.2) is 0 Å². The fourth-order valence-electron chi connectivity index (χ4n) is 1.52. The Hall–Kier alpha value is -2.41. The molecule has 0 bridgehead atoms. The molecule has 0 heterocycles. The first-order valence-electron chi connectivity index (χ1n) is 6.61. The second kappa shape index (κ2) is 8.28. The van der Waals surface area contributed by atoms with Gasteiger partial charge in [0.1, 0.15) is 11.6 Å². The van der Waals surface area contributed by atoms with Gasteiger partial charge in [0.05, 0.1) is 4.90 Å². The summed E-state index contributed by atoms with van der Waals surface area (Å²) in [5, 5.41) is 14.3. The zero-order valence-corrected chi connectivity index (χ0v) is 13.6. The molecule has 1 aromatic carbocycles. The summed E-state index contributed by atoms with van der Waals surface area (Å²) in [6.07, 6.45) is 1.32. The largest absolute Gasteiger partial charge is 0.388 e. The molecule has 0 aliphatic heterocycles. The number of carbonyl (C=O) groups is 1. The van der Waals surface area contributed by atoms with Crippen molar-refractivity contribution in [1.82, 2.24) is 10.2 Å². The van der Waals surface area contributed by atoms with Crippen LogP contribution < -0.4 is 10.6 Å². The first-order valence-corrected chi connectivity index (χ1v) is 8.05. The van der Waals surface area contributed by atoms with Crippen LogP contribution in [0.3, 0.4) is 0 Å². The molecule has 1 rings (SSSR count). The third kappa shape index (κ3) is 6.48. The van der Waals surface area contributed by atoms with Crippen molar-refractivity contribution in [2.75, 3.05) is 32.5 Å². The topological polar surface area (TPSA) is 123 Å². The molecule has 1 amide bonds. The van der Waals surface area contributed by atoms with Gasteiger partial charge in [0.2, 0.25) is 0 Å². The number of benzene rings is 1. The van der Waals surface area contributed by atoms with Gasteiger partial charge in [-0.15, -0.1) is 0 Å². The molecule has 0 fully saturated rings. The van der Waals surface area contributed by atoms with Crippen molar-refractivity contribution in [3.63, 3.8) is 0 Å². The third-order valence-electron chi connectivity index (χ3n) is 2.72. The van der Waals surface area contributed by atoms with Gasteiger partial charge in [-0.2, -0.15) is 13.7 Å². The van der Waals surface area contributed by atoms with Gasteiger partial charge < -0.3 is 15.5 Å². The Labute approximate surface area is 135 Å². The Morgan fingerprint density at radius 2 is 1.96 bits per heavy atom. The van der Waals surface area contributed by atoms with Crippen LogP contribution in [-0.2, 0) is 14.9 Å². The molecular weight excluding hydrogens is 320 g/mol. The smallest absolute Gasteiger partial charge is 0.294 e. The van der Waals surface area contributed by atoms with E-state index in [1.807, 2.05) is 19.0 Å². The van der Waals surface area contributed by atoms with E-state index in [-0.39, 0.29) is 10.5 Å². The SMILES string of the molecule is CN(C)CCN/C=C(/C#N)C(=O)Nc1ccc(S(=O)(=O)O)cc1. The van der Waals surface area contributed by atoms with Crippen LogP contribution in [0.15, 0.2) is 40.9 Å². The maximum absolute atomic E-state index is 11.9. The van der Waals surface area contributed by atoms with E-state index in [0.29, 0.717) is 12.2 Å². The van der Waals surface area contributed by atoms with Gasteiger partial charge in [0, 0.05) is 25.0 Å². The average Bonchev–Trinajstić information content (AvgIpc) is 2.46. The van der Waals surface area contributed by atoms with Crippen LogP contribution in [0, 0.1) is 11.3 Å². The number of carbonyl (C=O) groups excluding carboxylic acids is 1. The van der Waals surface area contributed by atoms with Gasteiger partial charge in [-0.3, -0.25) is 9.35 Å². The maximum Gasteiger partial charge on any atom is 0.294 e. The van der Waals surface area contributed by atoms with Crippen molar-refractivity contribution < 1.29 is 17.8 Å². The molecule has 0 saturated carbocycles. The van der Waals surface area contributed by atoms with Crippen molar-refractivity contribution in [1.29, 1.82) is 5.26 Å². The third-order valence-corrected chi connectivity index (χ3v) is 3.59.